The van der Waals surface area contributed by atoms with Gasteiger partial charge < -0.3 is 14.8 Å². The van der Waals surface area contributed by atoms with E-state index in [-0.39, 0.29) is 41.6 Å². The molecule has 0 bridgehead atoms. The Morgan fingerprint density at radius 3 is 2.52 bits per heavy atom. The quantitative estimate of drug-likeness (QED) is 0.338. The van der Waals surface area contributed by atoms with Crippen molar-refractivity contribution in [3.05, 3.63) is 94.9 Å². The zero-order chi connectivity index (χ0) is 29.4. The molecule has 2 aromatic carbocycles. The number of carbonyl (C=O) groups excluding carboxylic acids is 2. The molecule has 1 atom stereocenters. The fourth-order valence-electron chi connectivity index (χ4n) is 5.18. The average Bonchev–Trinajstić information content (AvgIpc) is 3.58. The van der Waals surface area contributed by atoms with Gasteiger partial charge in [0.1, 0.15) is 12.4 Å². The molecule has 1 N–H and O–H groups in total. The highest BCUT2D eigenvalue weighted by molar-refractivity contribution is 8.00. The molecule has 2 aliphatic rings. The maximum atomic E-state index is 13.9. The molecule has 0 spiro atoms. The smallest absolute Gasteiger partial charge is 0.240 e. The lowest BCUT2D eigenvalue weighted by Gasteiger charge is -2.24. The van der Waals surface area contributed by atoms with Gasteiger partial charge in [0.15, 0.2) is 11.5 Å². The van der Waals surface area contributed by atoms with Gasteiger partial charge >= 0.3 is 0 Å². The first-order chi connectivity index (χ1) is 20.2. The van der Waals surface area contributed by atoms with Gasteiger partial charge in [0.05, 0.1) is 22.4 Å². The maximum absolute atomic E-state index is 13.9. The molecule has 216 valence electrons. The van der Waals surface area contributed by atoms with E-state index in [2.05, 4.69) is 31.1 Å². The van der Waals surface area contributed by atoms with E-state index in [0.717, 1.165) is 33.6 Å². The first-order valence-electron chi connectivity index (χ1n) is 13.9. The van der Waals surface area contributed by atoms with Crippen molar-refractivity contribution in [1.29, 1.82) is 0 Å². The minimum absolute atomic E-state index is 0.132. The number of pyridine rings is 1. The largest absolute Gasteiger partial charge is 0.454 e. The second kappa shape index (κ2) is 11.2. The van der Waals surface area contributed by atoms with Crippen molar-refractivity contribution in [2.75, 3.05) is 24.0 Å². The van der Waals surface area contributed by atoms with Gasteiger partial charge in [0, 0.05) is 29.9 Å². The normalized spacial score (nSPS) is 16.2. The number of nitrogens with zero attached hydrogens (tertiary/aromatic N) is 4. The highest BCUT2D eigenvalue weighted by Crippen LogP contribution is 2.49. The minimum Gasteiger partial charge on any atom is -0.454 e. The molecule has 42 heavy (non-hydrogen) atoms. The Morgan fingerprint density at radius 1 is 1.05 bits per heavy atom. The van der Waals surface area contributed by atoms with Crippen LogP contribution in [-0.4, -0.2) is 45.7 Å². The molecule has 4 aromatic rings. The summed E-state index contributed by atoms with van der Waals surface area (Å²) in [5.41, 5.74) is 5.28. The number of nitrogens with one attached hydrogen (secondary N) is 1. The fraction of sp³-hybridized carbons (Fsp3) is 0.312. The standard InChI is InChI=1S/C32H33N5O4S/c1-20-5-8-23(9-6-20)37-31-28(30(35-37)32(2,3)4)29(22-7-10-24-25(15-22)41-19-40-24)42-18-27(39)36(31)17-26(38)34-16-21-11-13-33-14-12-21/h5-15,29H,16-19H2,1-4H3,(H,34,38)/t29-/m1/s1. The summed E-state index contributed by atoms with van der Waals surface area (Å²) in [6.45, 7) is 8.78. The van der Waals surface area contributed by atoms with Crippen molar-refractivity contribution in [3.8, 4) is 17.2 Å². The number of carbonyl (C=O) groups is 2. The molecule has 9 nitrogen and oxygen atoms in total. The Hall–Kier alpha value is -4.31. The van der Waals surface area contributed by atoms with Crippen LogP contribution < -0.4 is 19.7 Å². The first-order valence-corrected chi connectivity index (χ1v) is 14.9. The van der Waals surface area contributed by atoms with E-state index in [0.29, 0.717) is 23.9 Å². The third-order valence-corrected chi connectivity index (χ3v) is 8.57. The van der Waals surface area contributed by atoms with Crippen LogP contribution in [0.3, 0.4) is 0 Å². The lowest BCUT2D eigenvalue weighted by atomic mass is 9.87. The highest BCUT2D eigenvalue weighted by atomic mass is 32.2. The number of benzene rings is 2. The van der Waals surface area contributed by atoms with Crippen LogP contribution in [0.15, 0.2) is 67.0 Å². The number of hydrogen-bond acceptors (Lipinski definition) is 7. The summed E-state index contributed by atoms with van der Waals surface area (Å²) in [6, 6.07) is 17.7. The molecule has 6 rings (SSSR count). The molecule has 4 heterocycles. The van der Waals surface area contributed by atoms with Crippen LogP contribution >= 0.6 is 11.8 Å². The lowest BCUT2D eigenvalue weighted by molar-refractivity contribution is -0.123. The molecule has 0 saturated heterocycles. The third kappa shape index (κ3) is 5.46. The molecule has 0 unspecified atom stereocenters. The Balaban J connectivity index is 1.48. The number of ether oxygens (including phenoxy) is 2. The number of amides is 2. The predicted molar refractivity (Wildman–Crippen MR) is 162 cm³/mol. The van der Waals surface area contributed by atoms with Gasteiger partial charge in [-0.1, -0.05) is 44.5 Å². The number of fused-ring (bicyclic) bond motifs is 2. The van der Waals surface area contributed by atoms with Crippen LogP contribution in [0.5, 0.6) is 11.5 Å². The van der Waals surface area contributed by atoms with Crippen molar-refractivity contribution in [2.24, 2.45) is 0 Å². The Morgan fingerprint density at radius 2 is 1.79 bits per heavy atom. The molecule has 2 aromatic heterocycles. The van der Waals surface area contributed by atoms with Crippen LogP contribution in [0.25, 0.3) is 5.69 Å². The molecule has 2 aliphatic heterocycles. The van der Waals surface area contributed by atoms with Crippen LogP contribution in [0.4, 0.5) is 5.82 Å². The van der Waals surface area contributed by atoms with Gasteiger partial charge in [0.2, 0.25) is 18.6 Å². The molecule has 0 fully saturated rings. The van der Waals surface area contributed by atoms with E-state index in [1.807, 2.05) is 66.2 Å². The molecule has 0 saturated carbocycles. The minimum atomic E-state index is -0.349. The highest BCUT2D eigenvalue weighted by Gasteiger charge is 2.40. The molecule has 10 heteroatoms. The summed E-state index contributed by atoms with van der Waals surface area (Å²) in [6.07, 6.45) is 3.38. The SMILES string of the molecule is Cc1ccc(-n2nc(C(C)(C)C)c3c2N(CC(=O)NCc2ccncc2)C(=O)CS[C@@H]3c2ccc3c(c2)OCO3)cc1. The van der Waals surface area contributed by atoms with Crippen LogP contribution in [-0.2, 0) is 21.5 Å². The number of anilines is 1. The number of hydrogen-bond donors (Lipinski definition) is 1. The Labute approximate surface area is 249 Å². The summed E-state index contributed by atoms with van der Waals surface area (Å²) in [5, 5.41) is 7.89. The lowest BCUT2D eigenvalue weighted by Crippen LogP contribution is -2.42. The van der Waals surface area contributed by atoms with Crippen molar-refractivity contribution in [3.63, 3.8) is 0 Å². The molecule has 0 aliphatic carbocycles. The van der Waals surface area contributed by atoms with Gasteiger partial charge in [0.25, 0.3) is 0 Å². The van der Waals surface area contributed by atoms with Crippen molar-refractivity contribution < 1.29 is 19.1 Å². The Kier molecular flexibility index (Phi) is 7.40. The molecular formula is C32H33N5O4S. The number of aromatic nitrogens is 3. The second-order valence-electron chi connectivity index (χ2n) is 11.5. The van der Waals surface area contributed by atoms with Crippen LogP contribution in [0.1, 0.15) is 54.0 Å². The van der Waals surface area contributed by atoms with E-state index >= 15 is 0 Å². The van der Waals surface area contributed by atoms with E-state index in [1.165, 1.54) is 11.8 Å². The van der Waals surface area contributed by atoms with E-state index < -0.39 is 0 Å². The molecule has 2 amide bonds. The molecule has 0 radical (unpaired) electrons. The van der Waals surface area contributed by atoms with Gasteiger partial charge in [-0.2, -0.15) is 5.10 Å². The second-order valence-corrected chi connectivity index (χ2v) is 12.6. The summed E-state index contributed by atoms with van der Waals surface area (Å²) in [4.78, 5) is 32.9. The zero-order valence-electron chi connectivity index (χ0n) is 24.1. The maximum Gasteiger partial charge on any atom is 0.240 e. The van der Waals surface area contributed by atoms with Crippen LogP contribution in [0, 0.1) is 6.92 Å². The Bertz CT molecular complexity index is 1630. The van der Waals surface area contributed by atoms with Gasteiger partial charge in [-0.15, -0.1) is 11.8 Å². The summed E-state index contributed by atoms with van der Waals surface area (Å²) in [5.74, 6) is 1.78. The average molecular weight is 584 g/mol. The molecular weight excluding hydrogens is 550 g/mol. The van der Waals surface area contributed by atoms with Crippen LogP contribution in [0.2, 0.25) is 0 Å². The monoisotopic (exact) mass is 583 g/mol. The summed E-state index contributed by atoms with van der Waals surface area (Å²) in [7, 11) is 0. The number of aryl methyl sites for hydroxylation is 1. The third-order valence-electron chi connectivity index (χ3n) is 7.32. The summed E-state index contributed by atoms with van der Waals surface area (Å²) >= 11 is 1.54. The number of rotatable bonds is 6. The zero-order valence-corrected chi connectivity index (χ0v) is 24.9. The fourth-order valence-corrected chi connectivity index (χ4v) is 6.37. The van der Waals surface area contributed by atoms with Crippen molar-refractivity contribution in [2.45, 2.75) is 44.9 Å². The van der Waals surface area contributed by atoms with Gasteiger partial charge in [-0.3, -0.25) is 19.5 Å². The van der Waals surface area contributed by atoms with E-state index in [1.54, 1.807) is 17.3 Å². The topological polar surface area (TPSA) is 98.6 Å². The number of thioether (sulfide) groups is 1. The van der Waals surface area contributed by atoms with E-state index in [4.69, 9.17) is 14.6 Å². The van der Waals surface area contributed by atoms with Crippen molar-refractivity contribution >= 4 is 29.4 Å². The summed E-state index contributed by atoms with van der Waals surface area (Å²) < 4.78 is 13.1. The first kappa shape index (κ1) is 27.8. The van der Waals surface area contributed by atoms with Gasteiger partial charge in [-0.05, 0) is 54.4 Å². The van der Waals surface area contributed by atoms with Crippen molar-refractivity contribution in [1.82, 2.24) is 20.1 Å². The van der Waals surface area contributed by atoms with E-state index in [9.17, 15) is 9.59 Å². The van der Waals surface area contributed by atoms with Gasteiger partial charge in [-0.25, -0.2) is 4.68 Å². The predicted octanol–water partition coefficient (Wildman–Crippen LogP) is 5.09.